The van der Waals surface area contributed by atoms with Crippen molar-refractivity contribution in [1.29, 1.82) is 0 Å². The van der Waals surface area contributed by atoms with Crippen LogP contribution < -0.4 is 11.5 Å². The number of nitrogens with two attached hydrogens (primary N) is 2. The third kappa shape index (κ3) is 2.21. The van der Waals surface area contributed by atoms with Gasteiger partial charge in [0.1, 0.15) is 0 Å². The van der Waals surface area contributed by atoms with E-state index in [4.69, 9.17) is 11.5 Å². The second-order valence-electron chi connectivity index (χ2n) is 3.90. The number of rotatable bonds is 3. The van der Waals surface area contributed by atoms with Gasteiger partial charge < -0.3 is 16.0 Å². The van der Waals surface area contributed by atoms with Crippen molar-refractivity contribution in [3.8, 4) is 0 Å². The predicted molar refractivity (Wildman–Crippen MR) is 70.8 cm³/mol. The van der Waals surface area contributed by atoms with E-state index >= 15 is 0 Å². The number of nitrogens with zero attached hydrogens (tertiary/aromatic N) is 1. The number of benzene rings is 1. The summed E-state index contributed by atoms with van der Waals surface area (Å²) in [5.74, 6) is 0. The lowest BCUT2D eigenvalue weighted by molar-refractivity contribution is 0.663. The van der Waals surface area contributed by atoms with Crippen molar-refractivity contribution in [3.63, 3.8) is 0 Å². The molecule has 0 fully saturated rings. The van der Waals surface area contributed by atoms with Crippen LogP contribution in [0.5, 0.6) is 0 Å². The van der Waals surface area contributed by atoms with Crippen molar-refractivity contribution in [2.45, 2.75) is 12.5 Å². The maximum atomic E-state index is 6.09. The maximum absolute atomic E-state index is 6.09. The second kappa shape index (κ2) is 5.34. The average Bonchev–Trinajstić information content (AvgIpc) is 2.58. The summed E-state index contributed by atoms with van der Waals surface area (Å²) in [4.78, 5) is 0. The van der Waals surface area contributed by atoms with Crippen LogP contribution in [0.4, 0.5) is 0 Å². The Balaban J connectivity index is 0.00000128. The summed E-state index contributed by atoms with van der Waals surface area (Å²) in [6.45, 7) is 0.629. The summed E-state index contributed by atoms with van der Waals surface area (Å²) in [5, 5.41) is 1.24. The van der Waals surface area contributed by atoms with Crippen LogP contribution in [0.2, 0.25) is 0 Å². The highest BCUT2D eigenvalue weighted by Gasteiger charge is 2.11. The number of aromatic nitrogens is 1. The molecule has 4 N–H and O–H groups in total. The fourth-order valence-electron chi connectivity index (χ4n) is 2.00. The fourth-order valence-corrected chi connectivity index (χ4v) is 2.00. The van der Waals surface area contributed by atoms with Gasteiger partial charge in [0.15, 0.2) is 0 Å². The van der Waals surface area contributed by atoms with E-state index in [0.717, 1.165) is 6.42 Å². The number of fused-ring (bicyclic) bond motifs is 1. The summed E-state index contributed by atoms with van der Waals surface area (Å²) in [6.07, 6.45) is 2.93. The van der Waals surface area contributed by atoms with Crippen LogP contribution in [0.25, 0.3) is 10.9 Å². The zero-order valence-electron chi connectivity index (χ0n) is 9.39. The monoisotopic (exact) mass is 239 g/mol. The number of para-hydroxylation sites is 1. The summed E-state index contributed by atoms with van der Waals surface area (Å²) < 4.78 is 2.11. The van der Waals surface area contributed by atoms with Gasteiger partial charge in [-0.1, -0.05) is 18.2 Å². The van der Waals surface area contributed by atoms with Gasteiger partial charge in [-0.3, -0.25) is 0 Å². The van der Waals surface area contributed by atoms with Crippen molar-refractivity contribution < 1.29 is 0 Å². The van der Waals surface area contributed by atoms with E-state index < -0.39 is 0 Å². The lowest BCUT2D eigenvalue weighted by Gasteiger charge is -2.08. The van der Waals surface area contributed by atoms with Crippen LogP contribution in [-0.4, -0.2) is 11.1 Å². The topological polar surface area (TPSA) is 57.0 Å². The molecule has 88 valence electrons. The van der Waals surface area contributed by atoms with E-state index in [2.05, 4.69) is 22.9 Å². The van der Waals surface area contributed by atoms with E-state index in [9.17, 15) is 0 Å². The van der Waals surface area contributed by atoms with Gasteiger partial charge in [0, 0.05) is 30.2 Å². The Morgan fingerprint density at radius 2 is 2.00 bits per heavy atom. The van der Waals surface area contributed by atoms with Crippen molar-refractivity contribution >= 4 is 23.3 Å². The molecule has 1 aromatic carbocycles. The summed E-state index contributed by atoms with van der Waals surface area (Å²) in [7, 11) is 2.04. The molecule has 0 aliphatic rings. The molecule has 4 heteroatoms. The normalized spacial score (nSPS) is 12.4. The Morgan fingerprint density at radius 3 is 2.69 bits per heavy atom. The first-order valence-corrected chi connectivity index (χ1v) is 5.23. The highest BCUT2D eigenvalue weighted by atomic mass is 35.5. The van der Waals surface area contributed by atoms with Crippen LogP contribution in [0, 0.1) is 0 Å². The molecule has 1 atom stereocenters. The standard InChI is InChI=1S/C12H17N3.ClH/c1-15-8-10(11(14)6-7-13)9-4-2-3-5-12(9)15;/h2-5,8,11H,6-7,13-14H2,1H3;1H/t11-;/m1./s1. The highest BCUT2D eigenvalue weighted by Crippen LogP contribution is 2.25. The number of hydrogen-bond acceptors (Lipinski definition) is 2. The quantitative estimate of drug-likeness (QED) is 0.860. The molecule has 0 unspecified atom stereocenters. The molecular formula is C12H18ClN3. The molecule has 0 amide bonds. The number of aryl methyl sites for hydroxylation is 1. The van der Waals surface area contributed by atoms with Crippen molar-refractivity contribution in [1.82, 2.24) is 4.57 Å². The molecule has 1 heterocycles. The minimum absolute atomic E-state index is 0. The van der Waals surface area contributed by atoms with E-state index in [1.165, 1.54) is 16.5 Å². The molecule has 0 saturated heterocycles. The lowest BCUT2D eigenvalue weighted by Crippen LogP contribution is -2.14. The van der Waals surface area contributed by atoms with Crippen molar-refractivity contribution in [2.24, 2.45) is 18.5 Å². The number of hydrogen-bond donors (Lipinski definition) is 2. The molecule has 0 spiro atoms. The van der Waals surface area contributed by atoms with E-state index in [-0.39, 0.29) is 18.4 Å². The molecule has 16 heavy (non-hydrogen) atoms. The van der Waals surface area contributed by atoms with Gasteiger partial charge in [-0.05, 0) is 24.6 Å². The minimum Gasteiger partial charge on any atom is -0.350 e. The molecule has 2 aromatic rings. The zero-order valence-corrected chi connectivity index (χ0v) is 10.2. The van der Waals surface area contributed by atoms with Crippen LogP contribution in [0.1, 0.15) is 18.0 Å². The van der Waals surface area contributed by atoms with Crippen LogP contribution in [0.3, 0.4) is 0 Å². The minimum atomic E-state index is 0. The van der Waals surface area contributed by atoms with Gasteiger partial charge >= 0.3 is 0 Å². The molecule has 3 nitrogen and oxygen atoms in total. The summed E-state index contributed by atoms with van der Waals surface area (Å²) in [6, 6.07) is 8.34. The van der Waals surface area contributed by atoms with Gasteiger partial charge in [-0.25, -0.2) is 0 Å². The predicted octanol–water partition coefficient (Wildman–Crippen LogP) is 1.95. The van der Waals surface area contributed by atoms with Crippen LogP contribution >= 0.6 is 12.4 Å². The highest BCUT2D eigenvalue weighted by molar-refractivity contribution is 5.85. The Morgan fingerprint density at radius 1 is 1.31 bits per heavy atom. The van der Waals surface area contributed by atoms with Gasteiger partial charge in [-0.2, -0.15) is 0 Å². The Labute approximate surface area is 102 Å². The molecule has 0 aliphatic heterocycles. The van der Waals surface area contributed by atoms with E-state index in [1.807, 2.05) is 19.2 Å². The fraction of sp³-hybridized carbons (Fsp3) is 0.333. The summed E-state index contributed by atoms with van der Waals surface area (Å²) >= 11 is 0. The van der Waals surface area contributed by atoms with Crippen LogP contribution in [-0.2, 0) is 7.05 Å². The molecule has 0 radical (unpaired) electrons. The molecular weight excluding hydrogens is 222 g/mol. The lowest BCUT2D eigenvalue weighted by atomic mass is 10.0. The van der Waals surface area contributed by atoms with Gasteiger partial charge in [0.05, 0.1) is 0 Å². The van der Waals surface area contributed by atoms with Gasteiger partial charge in [0.25, 0.3) is 0 Å². The van der Waals surface area contributed by atoms with Gasteiger partial charge in [0.2, 0.25) is 0 Å². The Kier molecular flexibility index (Phi) is 4.35. The van der Waals surface area contributed by atoms with E-state index in [1.54, 1.807) is 0 Å². The van der Waals surface area contributed by atoms with Gasteiger partial charge in [-0.15, -0.1) is 12.4 Å². The molecule has 0 aliphatic carbocycles. The first-order valence-electron chi connectivity index (χ1n) is 5.23. The second-order valence-corrected chi connectivity index (χ2v) is 3.90. The van der Waals surface area contributed by atoms with Crippen LogP contribution in [0.15, 0.2) is 30.5 Å². The first-order chi connectivity index (χ1) is 7.24. The zero-order chi connectivity index (χ0) is 10.8. The molecule has 0 saturated carbocycles. The van der Waals surface area contributed by atoms with Crippen molar-refractivity contribution in [2.75, 3.05) is 6.54 Å². The Bertz CT molecular complexity index is 464. The maximum Gasteiger partial charge on any atom is 0.0481 e. The third-order valence-corrected chi connectivity index (χ3v) is 2.80. The average molecular weight is 240 g/mol. The summed E-state index contributed by atoms with van der Waals surface area (Å²) in [5.41, 5.74) is 14.0. The Hall–Kier alpha value is -1.03. The third-order valence-electron chi connectivity index (χ3n) is 2.80. The largest absolute Gasteiger partial charge is 0.350 e. The molecule has 2 rings (SSSR count). The SMILES string of the molecule is Cl.Cn1cc([C@H](N)CCN)c2ccccc21. The van der Waals surface area contributed by atoms with Crippen molar-refractivity contribution in [3.05, 3.63) is 36.0 Å². The first kappa shape index (κ1) is 13.0. The molecule has 1 aromatic heterocycles. The van der Waals surface area contributed by atoms with E-state index in [0.29, 0.717) is 6.54 Å². The number of halogens is 1. The smallest absolute Gasteiger partial charge is 0.0481 e. The molecule has 0 bridgehead atoms.